The molecule has 1 fully saturated rings. The Balaban J connectivity index is 1.94. The minimum atomic E-state index is -0.364. The van der Waals surface area contributed by atoms with E-state index in [1.807, 2.05) is 30.5 Å². The van der Waals surface area contributed by atoms with E-state index < -0.39 is 0 Å². The van der Waals surface area contributed by atoms with Crippen LogP contribution in [0.3, 0.4) is 0 Å². The Kier molecular flexibility index (Phi) is 4.63. The lowest BCUT2D eigenvalue weighted by atomic mass is 10.2. The molecule has 1 amide bonds. The van der Waals surface area contributed by atoms with Gasteiger partial charge in [0.05, 0.1) is 6.10 Å². The number of nitrogens with two attached hydrogens (primary N) is 1. The van der Waals surface area contributed by atoms with Crippen molar-refractivity contribution in [1.82, 2.24) is 0 Å². The van der Waals surface area contributed by atoms with Gasteiger partial charge in [-0.05, 0) is 37.3 Å². The Morgan fingerprint density at radius 1 is 1.56 bits per heavy atom. The van der Waals surface area contributed by atoms with Crippen molar-refractivity contribution >= 4 is 23.4 Å². The third-order valence-corrected chi connectivity index (χ3v) is 3.73. The third-order valence-electron chi connectivity index (χ3n) is 3.00. The normalized spacial score (nSPS) is 23.0. The van der Waals surface area contributed by atoms with Crippen molar-refractivity contribution in [3.8, 4) is 0 Å². The second-order valence-corrected chi connectivity index (χ2v) is 5.16. The Morgan fingerprint density at radius 2 is 2.39 bits per heavy atom. The van der Waals surface area contributed by atoms with Crippen LogP contribution in [0, 0.1) is 0 Å². The summed E-state index contributed by atoms with van der Waals surface area (Å²) in [7, 11) is 0. The van der Waals surface area contributed by atoms with E-state index >= 15 is 0 Å². The van der Waals surface area contributed by atoms with E-state index in [0.717, 1.165) is 23.4 Å². The van der Waals surface area contributed by atoms with E-state index in [1.165, 1.54) is 0 Å². The first-order valence-corrected chi connectivity index (χ1v) is 7.26. The van der Waals surface area contributed by atoms with Crippen molar-refractivity contribution in [1.29, 1.82) is 0 Å². The Hall–Kier alpha value is -1.04. The molecule has 3 N–H and O–H groups in total. The SMILES string of the molecule is CSc1cccc(NC(=O)[C@@H]2CC[C@H](CN)O2)c1. The molecule has 0 radical (unpaired) electrons. The van der Waals surface area contributed by atoms with Gasteiger partial charge in [-0.25, -0.2) is 0 Å². The number of rotatable bonds is 4. The summed E-state index contributed by atoms with van der Waals surface area (Å²) in [5.74, 6) is -0.0794. The molecule has 2 rings (SSSR count). The molecule has 1 aromatic carbocycles. The van der Waals surface area contributed by atoms with Crippen LogP contribution in [0.15, 0.2) is 29.2 Å². The molecule has 4 nitrogen and oxygen atoms in total. The summed E-state index contributed by atoms with van der Waals surface area (Å²) in [4.78, 5) is 13.1. The van der Waals surface area contributed by atoms with Crippen molar-refractivity contribution in [2.45, 2.75) is 29.9 Å². The maximum absolute atomic E-state index is 12.0. The van der Waals surface area contributed by atoms with Gasteiger partial charge in [0.15, 0.2) is 0 Å². The largest absolute Gasteiger partial charge is 0.364 e. The van der Waals surface area contributed by atoms with Crippen LogP contribution in [-0.4, -0.2) is 30.9 Å². The average molecular weight is 266 g/mol. The fourth-order valence-corrected chi connectivity index (χ4v) is 2.46. The fourth-order valence-electron chi connectivity index (χ4n) is 2.00. The molecule has 1 aliphatic heterocycles. The van der Waals surface area contributed by atoms with Gasteiger partial charge >= 0.3 is 0 Å². The third kappa shape index (κ3) is 3.25. The standard InChI is InChI=1S/C13H18N2O2S/c1-18-11-4-2-3-9(7-11)15-13(16)12-6-5-10(8-14)17-12/h2-4,7,10,12H,5-6,8,14H2,1H3,(H,15,16)/t10-,12+/m1/s1. The highest BCUT2D eigenvalue weighted by atomic mass is 32.2. The monoisotopic (exact) mass is 266 g/mol. The molecule has 1 saturated heterocycles. The molecule has 18 heavy (non-hydrogen) atoms. The quantitative estimate of drug-likeness (QED) is 0.816. The smallest absolute Gasteiger partial charge is 0.253 e. The number of benzene rings is 1. The predicted octanol–water partition coefficient (Wildman–Crippen LogP) is 1.85. The molecular formula is C13H18N2O2S. The molecule has 0 aliphatic carbocycles. The van der Waals surface area contributed by atoms with Crippen LogP contribution in [0.1, 0.15) is 12.8 Å². The van der Waals surface area contributed by atoms with Gasteiger partial charge in [0.1, 0.15) is 6.10 Å². The highest BCUT2D eigenvalue weighted by Gasteiger charge is 2.29. The van der Waals surface area contributed by atoms with Gasteiger partial charge in [-0.15, -0.1) is 11.8 Å². The molecule has 1 aromatic rings. The highest BCUT2D eigenvalue weighted by molar-refractivity contribution is 7.98. The maximum atomic E-state index is 12.0. The van der Waals surface area contributed by atoms with Crippen molar-refractivity contribution in [3.05, 3.63) is 24.3 Å². The van der Waals surface area contributed by atoms with E-state index in [0.29, 0.717) is 6.54 Å². The van der Waals surface area contributed by atoms with E-state index in [1.54, 1.807) is 11.8 Å². The summed E-state index contributed by atoms with van der Waals surface area (Å²) in [6, 6.07) is 7.78. The molecule has 1 heterocycles. The van der Waals surface area contributed by atoms with Gasteiger partial charge in [0.2, 0.25) is 0 Å². The predicted molar refractivity (Wildman–Crippen MR) is 73.8 cm³/mol. The van der Waals surface area contributed by atoms with Crippen molar-refractivity contribution in [2.24, 2.45) is 5.73 Å². The zero-order valence-electron chi connectivity index (χ0n) is 10.4. The maximum Gasteiger partial charge on any atom is 0.253 e. The fraction of sp³-hybridized carbons (Fsp3) is 0.462. The van der Waals surface area contributed by atoms with Crippen molar-refractivity contribution in [3.63, 3.8) is 0 Å². The lowest BCUT2D eigenvalue weighted by Gasteiger charge is -2.13. The van der Waals surface area contributed by atoms with Crippen molar-refractivity contribution < 1.29 is 9.53 Å². The van der Waals surface area contributed by atoms with Gasteiger partial charge in [0, 0.05) is 17.1 Å². The first kappa shape index (κ1) is 13.4. The number of hydrogen-bond donors (Lipinski definition) is 2. The lowest BCUT2D eigenvalue weighted by molar-refractivity contribution is -0.126. The van der Waals surface area contributed by atoms with Crippen LogP contribution in [0.2, 0.25) is 0 Å². The molecule has 98 valence electrons. The number of ether oxygens (including phenoxy) is 1. The zero-order valence-corrected chi connectivity index (χ0v) is 11.2. The number of carbonyl (C=O) groups excluding carboxylic acids is 1. The van der Waals surface area contributed by atoms with E-state index in [2.05, 4.69) is 5.32 Å². The van der Waals surface area contributed by atoms with Crippen LogP contribution in [0.25, 0.3) is 0 Å². The van der Waals surface area contributed by atoms with Gasteiger partial charge in [-0.2, -0.15) is 0 Å². The van der Waals surface area contributed by atoms with Crippen LogP contribution in [-0.2, 0) is 9.53 Å². The summed E-state index contributed by atoms with van der Waals surface area (Å²) in [5.41, 5.74) is 6.34. The first-order valence-electron chi connectivity index (χ1n) is 6.03. The second-order valence-electron chi connectivity index (χ2n) is 4.28. The number of carbonyl (C=O) groups is 1. The molecule has 1 aliphatic rings. The number of thioether (sulfide) groups is 1. The van der Waals surface area contributed by atoms with E-state index in [-0.39, 0.29) is 18.1 Å². The van der Waals surface area contributed by atoms with E-state index in [9.17, 15) is 4.79 Å². The first-order chi connectivity index (χ1) is 8.72. The summed E-state index contributed by atoms with van der Waals surface area (Å²) in [6.07, 6.45) is 3.28. The van der Waals surface area contributed by atoms with Crippen LogP contribution in [0.4, 0.5) is 5.69 Å². The van der Waals surface area contributed by atoms with Crippen LogP contribution < -0.4 is 11.1 Å². The van der Waals surface area contributed by atoms with E-state index in [4.69, 9.17) is 10.5 Å². The molecule has 0 spiro atoms. The topological polar surface area (TPSA) is 64.4 Å². The Bertz CT molecular complexity index is 425. The number of anilines is 1. The van der Waals surface area contributed by atoms with Crippen LogP contribution >= 0.6 is 11.8 Å². The molecule has 0 saturated carbocycles. The summed E-state index contributed by atoms with van der Waals surface area (Å²) < 4.78 is 5.56. The Morgan fingerprint density at radius 3 is 3.06 bits per heavy atom. The molecule has 0 aromatic heterocycles. The Labute approximate surface area is 111 Å². The minimum Gasteiger partial charge on any atom is -0.364 e. The summed E-state index contributed by atoms with van der Waals surface area (Å²) in [6.45, 7) is 0.478. The van der Waals surface area contributed by atoms with Crippen LogP contribution in [0.5, 0.6) is 0 Å². The molecule has 5 heteroatoms. The molecular weight excluding hydrogens is 248 g/mol. The minimum absolute atomic E-state index is 0.0262. The number of amides is 1. The molecule has 2 atom stereocenters. The summed E-state index contributed by atoms with van der Waals surface area (Å²) in [5, 5.41) is 2.89. The highest BCUT2D eigenvalue weighted by Crippen LogP contribution is 2.22. The van der Waals surface area contributed by atoms with Gasteiger partial charge in [-0.1, -0.05) is 6.07 Å². The van der Waals surface area contributed by atoms with Gasteiger partial charge in [0.25, 0.3) is 5.91 Å². The zero-order chi connectivity index (χ0) is 13.0. The average Bonchev–Trinajstić information content (AvgIpc) is 2.88. The van der Waals surface area contributed by atoms with Crippen molar-refractivity contribution in [2.75, 3.05) is 18.1 Å². The van der Waals surface area contributed by atoms with Gasteiger partial charge in [-0.3, -0.25) is 4.79 Å². The number of hydrogen-bond acceptors (Lipinski definition) is 4. The molecule has 0 unspecified atom stereocenters. The lowest BCUT2D eigenvalue weighted by Crippen LogP contribution is -2.29. The second kappa shape index (κ2) is 6.22. The number of nitrogens with one attached hydrogen (secondary N) is 1. The summed E-state index contributed by atoms with van der Waals surface area (Å²) >= 11 is 1.65. The molecule has 0 bridgehead atoms. The van der Waals surface area contributed by atoms with Gasteiger partial charge < -0.3 is 15.8 Å².